The van der Waals surface area contributed by atoms with E-state index in [2.05, 4.69) is 9.68 Å². The summed E-state index contributed by atoms with van der Waals surface area (Å²) >= 11 is 0. The van der Waals surface area contributed by atoms with Gasteiger partial charge >= 0.3 is 6.18 Å². The van der Waals surface area contributed by atoms with Crippen LogP contribution >= 0.6 is 0 Å². The molecule has 1 saturated heterocycles. The molecule has 0 amide bonds. The fourth-order valence-electron chi connectivity index (χ4n) is 4.85. The summed E-state index contributed by atoms with van der Waals surface area (Å²) in [5.41, 5.74) is -0.480. The fraction of sp³-hybridized carbons (Fsp3) is 0.400. The van der Waals surface area contributed by atoms with E-state index < -0.39 is 43.8 Å². The van der Waals surface area contributed by atoms with Crippen molar-refractivity contribution in [3.8, 4) is 0 Å². The number of halogens is 5. The molecule has 38 heavy (non-hydrogen) atoms. The molecule has 1 aliphatic rings. The largest absolute Gasteiger partial charge is 0.416 e. The normalized spacial score (nSPS) is 18.7. The van der Waals surface area contributed by atoms with Gasteiger partial charge in [-0.2, -0.15) is 13.2 Å². The van der Waals surface area contributed by atoms with E-state index in [1.807, 2.05) is 23.7 Å². The van der Waals surface area contributed by atoms with Crippen LogP contribution in [0.1, 0.15) is 30.4 Å². The van der Waals surface area contributed by atoms with Crippen LogP contribution < -0.4 is 9.62 Å². The third-order valence-corrected chi connectivity index (χ3v) is 8.34. The maximum atomic E-state index is 15.0. The highest BCUT2D eigenvalue weighted by molar-refractivity contribution is 7.92. The molecule has 0 spiro atoms. The molecule has 1 fully saturated rings. The van der Waals surface area contributed by atoms with Crippen molar-refractivity contribution in [2.24, 2.45) is 0 Å². The predicted octanol–water partition coefficient (Wildman–Crippen LogP) is 5.31. The van der Waals surface area contributed by atoms with Crippen LogP contribution in [0.3, 0.4) is 0 Å². The summed E-state index contributed by atoms with van der Waals surface area (Å²) < 4.78 is 101. The number of nitrogens with zero attached hydrogens (tertiary/aromatic N) is 3. The molecule has 0 radical (unpaired) electrons. The Bertz CT molecular complexity index is 1360. The topological polar surface area (TPSA) is 78.7 Å². The number of likely N-dealkylation sites (N-methyl/N-ethyl adjacent to an activating group) is 1. The molecule has 7 nitrogen and oxygen atoms in total. The summed E-state index contributed by atoms with van der Waals surface area (Å²) in [7, 11) is -0.885. The lowest BCUT2D eigenvalue weighted by molar-refractivity contribution is -0.137. The van der Waals surface area contributed by atoms with Gasteiger partial charge in [-0.25, -0.2) is 17.2 Å². The van der Waals surface area contributed by atoms with E-state index in [4.69, 9.17) is 0 Å². The highest BCUT2D eigenvalue weighted by Gasteiger charge is 2.38. The number of nitrogens with one attached hydrogen (secondary N) is 1. The Morgan fingerprint density at radius 2 is 1.84 bits per heavy atom. The van der Waals surface area contributed by atoms with Gasteiger partial charge in [-0.3, -0.25) is 4.72 Å². The van der Waals surface area contributed by atoms with E-state index in [9.17, 15) is 21.6 Å². The third-order valence-electron chi connectivity index (χ3n) is 6.93. The van der Waals surface area contributed by atoms with Crippen molar-refractivity contribution in [3.05, 3.63) is 71.5 Å². The highest BCUT2D eigenvalue weighted by atomic mass is 32.2. The molecule has 3 aromatic rings. The summed E-state index contributed by atoms with van der Waals surface area (Å²) in [6.45, 7) is 0.822. The summed E-state index contributed by atoms with van der Waals surface area (Å²) in [6, 6.07) is 8.33. The molecule has 206 valence electrons. The second-order valence-corrected chi connectivity index (χ2v) is 11.2. The first-order valence-corrected chi connectivity index (χ1v) is 13.3. The molecule has 1 aromatic heterocycles. The number of hydrogen-bond acceptors (Lipinski definition) is 6. The molecule has 13 heteroatoms. The van der Waals surface area contributed by atoms with Gasteiger partial charge in [0.15, 0.2) is 10.7 Å². The zero-order valence-electron chi connectivity index (χ0n) is 20.7. The first kappa shape index (κ1) is 27.8. The standard InChI is InChI=1S/C25H27F5N4O3S/c1-33(2)24(10-7-17-5-3-6-18(13-17)25(28,29)30)9-4-11-34(16-24)19-14-20(26)23(21(27)15-19)38(35,36)32-22-8-12-37-31-22/h3,5-6,8,12-15H,4,7,9-11,16H2,1-2H3,(H,31,32)/t24-/m0/s1. The maximum absolute atomic E-state index is 15.0. The Balaban J connectivity index is 1.56. The number of sulfonamides is 1. The van der Waals surface area contributed by atoms with Gasteiger partial charge in [-0.1, -0.05) is 23.4 Å². The number of alkyl halides is 3. The minimum atomic E-state index is -4.61. The molecular weight excluding hydrogens is 531 g/mol. The average molecular weight is 559 g/mol. The zero-order valence-corrected chi connectivity index (χ0v) is 21.5. The highest BCUT2D eigenvalue weighted by Crippen LogP contribution is 2.36. The number of anilines is 2. The van der Waals surface area contributed by atoms with Crippen LogP contribution in [0.4, 0.5) is 33.5 Å². The molecule has 1 N–H and O–H groups in total. The Kier molecular flexibility index (Phi) is 7.71. The molecule has 4 rings (SSSR count). The Morgan fingerprint density at radius 3 is 2.45 bits per heavy atom. The number of aromatic nitrogens is 1. The molecule has 0 aliphatic carbocycles. The molecule has 0 saturated carbocycles. The van der Waals surface area contributed by atoms with Crippen LogP contribution in [0, 0.1) is 11.6 Å². The average Bonchev–Trinajstić information content (AvgIpc) is 3.34. The van der Waals surface area contributed by atoms with E-state index in [0.717, 1.165) is 36.9 Å². The number of aryl methyl sites for hydroxylation is 1. The van der Waals surface area contributed by atoms with Crippen molar-refractivity contribution < 1.29 is 34.9 Å². The monoisotopic (exact) mass is 558 g/mol. The van der Waals surface area contributed by atoms with Gasteiger partial charge in [0.1, 0.15) is 17.9 Å². The first-order valence-electron chi connectivity index (χ1n) is 11.8. The van der Waals surface area contributed by atoms with E-state index in [1.165, 1.54) is 12.1 Å². The smallest absolute Gasteiger partial charge is 0.370 e. The lowest BCUT2D eigenvalue weighted by atomic mass is 9.82. The summed E-state index contributed by atoms with van der Waals surface area (Å²) in [5, 5.41) is 3.39. The quantitative estimate of drug-likeness (QED) is 0.378. The van der Waals surface area contributed by atoms with Crippen molar-refractivity contribution in [2.75, 3.05) is 36.8 Å². The number of piperidine rings is 1. The Morgan fingerprint density at radius 1 is 1.13 bits per heavy atom. The zero-order chi connectivity index (χ0) is 27.7. The van der Waals surface area contributed by atoms with Gasteiger partial charge in [-0.15, -0.1) is 0 Å². The Labute approximate surface area is 217 Å². The van der Waals surface area contributed by atoms with E-state index >= 15 is 8.78 Å². The molecular formula is C25H27F5N4O3S. The minimum absolute atomic E-state index is 0.172. The van der Waals surface area contributed by atoms with Gasteiger partial charge in [0.05, 0.1) is 5.56 Å². The van der Waals surface area contributed by atoms with Crippen LogP contribution in [-0.4, -0.2) is 51.2 Å². The molecule has 2 aromatic carbocycles. The molecule has 1 aliphatic heterocycles. The van der Waals surface area contributed by atoms with E-state index in [0.29, 0.717) is 37.9 Å². The third kappa shape index (κ3) is 5.93. The van der Waals surface area contributed by atoms with Crippen molar-refractivity contribution in [3.63, 3.8) is 0 Å². The van der Waals surface area contributed by atoms with E-state index in [-0.39, 0.29) is 11.5 Å². The van der Waals surface area contributed by atoms with E-state index in [1.54, 1.807) is 11.0 Å². The molecule has 0 bridgehead atoms. The van der Waals surface area contributed by atoms with Crippen molar-refractivity contribution in [1.82, 2.24) is 10.1 Å². The second-order valence-electron chi connectivity index (χ2n) is 9.57. The van der Waals surface area contributed by atoms with Crippen LogP contribution in [0.25, 0.3) is 0 Å². The second kappa shape index (κ2) is 10.5. The molecule has 0 unspecified atom stereocenters. The lowest BCUT2D eigenvalue weighted by Crippen LogP contribution is -2.56. The van der Waals surface area contributed by atoms with Crippen LogP contribution in [0.5, 0.6) is 0 Å². The van der Waals surface area contributed by atoms with Gasteiger partial charge < -0.3 is 14.3 Å². The summed E-state index contributed by atoms with van der Waals surface area (Å²) in [6.07, 6.45) is -1.05. The van der Waals surface area contributed by atoms with Crippen LogP contribution in [-0.2, 0) is 22.6 Å². The van der Waals surface area contributed by atoms with Gasteiger partial charge in [0.25, 0.3) is 10.0 Å². The van der Waals surface area contributed by atoms with Gasteiger partial charge in [0.2, 0.25) is 0 Å². The van der Waals surface area contributed by atoms with Crippen molar-refractivity contribution in [2.45, 2.75) is 42.3 Å². The van der Waals surface area contributed by atoms with Crippen LogP contribution in [0.2, 0.25) is 0 Å². The maximum Gasteiger partial charge on any atom is 0.416 e. The lowest BCUT2D eigenvalue weighted by Gasteiger charge is -2.48. The van der Waals surface area contributed by atoms with Crippen molar-refractivity contribution in [1.29, 1.82) is 0 Å². The number of hydrogen-bond donors (Lipinski definition) is 1. The van der Waals surface area contributed by atoms with Crippen molar-refractivity contribution >= 4 is 21.5 Å². The molecule has 1 atom stereocenters. The minimum Gasteiger partial charge on any atom is -0.370 e. The summed E-state index contributed by atoms with van der Waals surface area (Å²) in [5.74, 6) is -2.75. The van der Waals surface area contributed by atoms with Gasteiger partial charge in [0, 0.05) is 30.4 Å². The predicted molar refractivity (Wildman–Crippen MR) is 131 cm³/mol. The fourth-order valence-corrected chi connectivity index (χ4v) is 5.96. The van der Waals surface area contributed by atoms with Gasteiger partial charge in [-0.05, 0) is 63.5 Å². The summed E-state index contributed by atoms with van der Waals surface area (Å²) in [4.78, 5) is 2.62. The number of rotatable bonds is 8. The molecule has 2 heterocycles. The number of benzene rings is 2. The Hall–Kier alpha value is -3.19. The van der Waals surface area contributed by atoms with Crippen LogP contribution in [0.15, 0.2) is 58.1 Å². The first-order chi connectivity index (χ1) is 17.8. The SMILES string of the molecule is CN(C)[C@]1(CCc2cccc(C(F)(F)F)c2)CCCN(c2cc(F)c(S(=O)(=O)Nc3ccon3)c(F)c2)C1.